The quantitative estimate of drug-likeness (QED) is 0.0307. The second-order valence-electron chi connectivity index (χ2n) is 24.1. The Balaban J connectivity index is 1.64. The lowest BCUT2D eigenvalue weighted by Crippen LogP contribution is -2.67. The maximum absolute atomic E-state index is 13.6. The van der Waals surface area contributed by atoms with Gasteiger partial charge in [-0.25, -0.2) is 0 Å². The van der Waals surface area contributed by atoms with Gasteiger partial charge < -0.3 is 100 Å². The minimum atomic E-state index is -2.39. The molecule has 3 rings (SSSR count). The number of ether oxygens (including phenoxy) is 6. The van der Waals surface area contributed by atoms with Gasteiger partial charge in [0.1, 0.15) is 79.4 Å². The molecule has 484 valence electrons. The van der Waals surface area contributed by atoms with Gasteiger partial charge in [-0.1, -0.05) is 201 Å². The summed E-state index contributed by atoms with van der Waals surface area (Å²) in [7, 11) is 0. The van der Waals surface area contributed by atoms with Crippen molar-refractivity contribution in [3.63, 3.8) is 0 Å². The molecule has 0 aliphatic carbocycles. The normalized spacial score (nSPS) is 30.7. The highest BCUT2D eigenvalue weighted by atomic mass is 16.8. The van der Waals surface area contributed by atoms with Crippen molar-refractivity contribution in [2.45, 2.75) is 343 Å². The van der Waals surface area contributed by atoms with Crippen LogP contribution < -0.4 is 5.32 Å². The highest BCUT2D eigenvalue weighted by Crippen LogP contribution is 2.34. The molecule has 3 aliphatic heterocycles. The van der Waals surface area contributed by atoms with Gasteiger partial charge in [0.15, 0.2) is 30.8 Å². The molecular formula is C60H113NO21. The number of rotatable bonds is 46. The van der Waals surface area contributed by atoms with Gasteiger partial charge in [0, 0.05) is 0 Å². The van der Waals surface area contributed by atoms with Crippen molar-refractivity contribution >= 4 is 11.7 Å². The van der Waals surface area contributed by atoms with Gasteiger partial charge in [-0.05, 0) is 25.7 Å². The van der Waals surface area contributed by atoms with E-state index in [0.29, 0.717) is 18.8 Å². The maximum Gasteiger partial charge on any atom is 0.257 e. The third-order valence-corrected chi connectivity index (χ3v) is 16.6. The van der Waals surface area contributed by atoms with Crippen molar-refractivity contribution < 1.29 is 104 Å². The fraction of sp³-hybridized carbons (Fsp3) is 0.967. The first-order valence-electron chi connectivity index (χ1n) is 31.7. The minimum absolute atomic E-state index is 0.00266. The zero-order valence-corrected chi connectivity index (χ0v) is 50.0. The van der Waals surface area contributed by atoms with E-state index in [1.807, 2.05) is 0 Å². The van der Waals surface area contributed by atoms with Crippen molar-refractivity contribution in [3.05, 3.63) is 0 Å². The molecule has 0 aromatic rings. The first kappa shape index (κ1) is 74.6. The Labute approximate surface area is 488 Å². The summed E-state index contributed by atoms with van der Waals surface area (Å²) in [4.78, 5) is 26.9. The summed E-state index contributed by atoms with van der Waals surface area (Å²) in [5.41, 5.74) is 0. The fourth-order valence-corrected chi connectivity index (χ4v) is 11.1. The maximum atomic E-state index is 13.6. The molecule has 3 aliphatic rings. The summed E-state index contributed by atoms with van der Waals surface area (Å²) in [6, 6.07) is -1.63. The number of carbonyl (C=O) groups is 2. The van der Waals surface area contributed by atoms with Crippen molar-refractivity contribution in [1.82, 2.24) is 5.32 Å². The van der Waals surface area contributed by atoms with Crippen LogP contribution in [0.25, 0.3) is 0 Å². The van der Waals surface area contributed by atoms with Crippen LogP contribution in [0.3, 0.4) is 0 Å². The largest absolute Gasteiger partial charge is 0.394 e. The molecule has 0 spiro atoms. The van der Waals surface area contributed by atoms with Crippen LogP contribution in [0.15, 0.2) is 0 Å². The summed E-state index contributed by atoms with van der Waals surface area (Å²) < 4.78 is 34.9. The summed E-state index contributed by atoms with van der Waals surface area (Å²) in [5, 5.41) is 143. The molecule has 22 nitrogen and oxygen atoms in total. The topological polar surface area (TPSA) is 365 Å². The molecule has 20 atom stereocenters. The third-order valence-electron chi connectivity index (χ3n) is 16.6. The molecule has 1 amide bonds. The SMILES string of the molecule is CCCCCCCCCCCCCCCCCCCCCC(O)C(=O)C(O)C(=O)NC(COC1OC(CO)C(OC2OC(CO)C(O)C(O)C2O)C(OC2OC(C)C(O)C(O)C2O)C1O)C(O)C(O)CCCCCCCCCCC(C)C. The van der Waals surface area contributed by atoms with Crippen LogP contribution in [0.5, 0.6) is 0 Å². The molecule has 3 fully saturated rings. The lowest BCUT2D eigenvalue weighted by molar-refractivity contribution is -0.386. The predicted molar refractivity (Wildman–Crippen MR) is 304 cm³/mol. The van der Waals surface area contributed by atoms with Crippen LogP contribution in [0.4, 0.5) is 0 Å². The summed E-state index contributed by atoms with van der Waals surface area (Å²) in [6.07, 6.45) is -2.43. The molecule has 14 N–H and O–H groups in total. The molecule has 3 saturated heterocycles. The number of aliphatic hydroxyl groups is 13. The van der Waals surface area contributed by atoms with Crippen molar-refractivity contribution in [1.29, 1.82) is 0 Å². The van der Waals surface area contributed by atoms with E-state index in [1.54, 1.807) is 0 Å². The summed E-state index contributed by atoms with van der Waals surface area (Å²) in [6.45, 7) is 5.43. The number of carbonyl (C=O) groups excluding carboxylic acids is 2. The van der Waals surface area contributed by atoms with Crippen LogP contribution in [0, 0.1) is 5.92 Å². The van der Waals surface area contributed by atoms with E-state index in [-0.39, 0.29) is 12.8 Å². The molecule has 0 saturated carbocycles. The second kappa shape index (κ2) is 42.3. The molecule has 0 aromatic heterocycles. The number of hydrogen-bond acceptors (Lipinski definition) is 21. The van der Waals surface area contributed by atoms with Crippen LogP contribution in [0.1, 0.15) is 220 Å². The average molecular weight is 1180 g/mol. The Hall–Kier alpha value is -1.62. The van der Waals surface area contributed by atoms with E-state index in [4.69, 9.17) is 28.4 Å². The Morgan fingerprint density at radius 1 is 0.476 bits per heavy atom. The van der Waals surface area contributed by atoms with Crippen molar-refractivity contribution in [2.75, 3.05) is 19.8 Å². The lowest BCUT2D eigenvalue weighted by Gasteiger charge is -2.49. The number of nitrogens with one attached hydrogen (secondary N) is 1. The molecule has 3 heterocycles. The van der Waals surface area contributed by atoms with E-state index < -0.39 is 154 Å². The number of unbranched alkanes of at least 4 members (excludes halogenated alkanes) is 25. The van der Waals surface area contributed by atoms with Gasteiger partial charge in [0.25, 0.3) is 5.91 Å². The highest BCUT2D eigenvalue weighted by Gasteiger charge is 2.54. The Kier molecular flexibility index (Phi) is 38.5. The number of Topliss-reactive ketones (excluding diaryl/α,β-unsaturated/α-hetero) is 1. The molecular weight excluding hydrogens is 1070 g/mol. The average Bonchev–Trinajstić information content (AvgIpc) is 3.53. The molecule has 20 unspecified atom stereocenters. The highest BCUT2D eigenvalue weighted by molar-refractivity contribution is 6.05. The smallest absolute Gasteiger partial charge is 0.257 e. The first-order chi connectivity index (χ1) is 39.3. The van der Waals surface area contributed by atoms with Gasteiger partial charge in [-0.15, -0.1) is 0 Å². The Bertz CT molecular complexity index is 1640. The standard InChI is InChI=1S/C60H113NO21/c1-5-6-7-8-9-10-11-12-13-14-15-16-17-18-19-20-24-28-31-34-42(65)47(68)51(72)57(76)61-40(46(67)41(64)33-30-27-25-22-21-23-26-29-32-38(2)3)37-77-58-54(75)56(82-59-52(73)49(70)45(66)39(4)78-59)55(44(36-63)80-58)81-60-53(74)50(71)48(69)43(35-62)79-60/h38-46,48-56,58-60,62-67,69-75H,5-37H2,1-4H3,(H,61,76). The van der Waals surface area contributed by atoms with Crippen LogP contribution in [0.2, 0.25) is 0 Å². The fourth-order valence-electron chi connectivity index (χ4n) is 11.1. The minimum Gasteiger partial charge on any atom is -0.394 e. The number of amides is 1. The molecule has 22 heteroatoms. The molecule has 0 radical (unpaired) electrons. The van der Waals surface area contributed by atoms with Gasteiger partial charge in [-0.2, -0.15) is 0 Å². The van der Waals surface area contributed by atoms with E-state index in [2.05, 4.69) is 26.1 Å². The zero-order valence-electron chi connectivity index (χ0n) is 50.0. The second-order valence-corrected chi connectivity index (χ2v) is 24.1. The van der Waals surface area contributed by atoms with E-state index >= 15 is 0 Å². The van der Waals surface area contributed by atoms with Gasteiger partial charge in [0.2, 0.25) is 0 Å². The molecule has 82 heavy (non-hydrogen) atoms. The summed E-state index contributed by atoms with van der Waals surface area (Å²) in [5.74, 6) is -1.83. The number of aliphatic hydroxyl groups excluding tert-OH is 13. The van der Waals surface area contributed by atoms with E-state index in [1.165, 1.54) is 103 Å². The Morgan fingerprint density at radius 3 is 1.37 bits per heavy atom. The van der Waals surface area contributed by atoms with Gasteiger partial charge >= 0.3 is 0 Å². The predicted octanol–water partition coefficient (Wildman–Crippen LogP) is 3.36. The molecule has 0 aromatic carbocycles. The van der Waals surface area contributed by atoms with Gasteiger partial charge in [0.05, 0.1) is 38.1 Å². The van der Waals surface area contributed by atoms with Crippen LogP contribution >= 0.6 is 0 Å². The van der Waals surface area contributed by atoms with Crippen molar-refractivity contribution in [3.8, 4) is 0 Å². The summed E-state index contributed by atoms with van der Waals surface area (Å²) >= 11 is 0. The van der Waals surface area contributed by atoms with E-state index in [0.717, 1.165) is 70.6 Å². The first-order valence-corrected chi connectivity index (χ1v) is 31.7. The number of hydrogen-bond donors (Lipinski definition) is 14. The van der Waals surface area contributed by atoms with Crippen LogP contribution in [-0.2, 0) is 38.0 Å². The number of ketones is 1. The molecule has 0 bridgehead atoms. The van der Waals surface area contributed by atoms with Crippen molar-refractivity contribution in [2.24, 2.45) is 5.92 Å². The zero-order chi connectivity index (χ0) is 60.6. The third kappa shape index (κ3) is 26.4. The van der Waals surface area contributed by atoms with E-state index in [9.17, 15) is 76.0 Å². The monoisotopic (exact) mass is 1180 g/mol. The van der Waals surface area contributed by atoms with Crippen LogP contribution in [-0.4, -0.2) is 220 Å². The van der Waals surface area contributed by atoms with Gasteiger partial charge in [-0.3, -0.25) is 9.59 Å². The lowest BCUT2D eigenvalue weighted by atomic mass is 9.96. The Morgan fingerprint density at radius 2 is 0.890 bits per heavy atom.